The van der Waals surface area contributed by atoms with E-state index in [4.69, 9.17) is 4.74 Å². The Bertz CT molecular complexity index is 821. The van der Waals surface area contributed by atoms with E-state index in [1.165, 1.54) is 5.56 Å². The molecule has 0 fully saturated rings. The molecule has 1 N–H and O–H groups in total. The van der Waals surface area contributed by atoms with Gasteiger partial charge >= 0.3 is 6.09 Å². The Morgan fingerprint density at radius 1 is 1.00 bits per heavy atom. The summed E-state index contributed by atoms with van der Waals surface area (Å²) >= 11 is 0. The topological polar surface area (TPSA) is 54.5 Å². The highest BCUT2D eigenvalue weighted by molar-refractivity contribution is 5.84. The minimum absolute atomic E-state index is 0.330. The van der Waals surface area contributed by atoms with Gasteiger partial charge in [0.1, 0.15) is 5.82 Å². The molecule has 0 bridgehead atoms. The van der Waals surface area contributed by atoms with Gasteiger partial charge in [0.25, 0.3) is 0 Å². The highest BCUT2D eigenvalue weighted by atomic mass is 16.5. The zero-order valence-corrected chi connectivity index (χ0v) is 14.6. The zero-order chi connectivity index (χ0) is 18.2. The molecule has 5 nitrogen and oxygen atoms in total. The van der Waals surface area contributed by atoms with Gasteiger partial charge in [-0.25, -0.2) is 9.78 Å². The summed E-state index contributed by atoms with van der Waals surface area (Å²) in [6.07, 6.45) is 1.15. The lowest BCUT2D eigenvalue weighted by atomic mass is 10.2. The Kier molecular flexibility index (Phi) is 5.83. The van der Waals surface area contributed by atoms with Crippen LogP contribution in [0.2, 0.25) is 0 Å². The molecule has 26 heavy (non-hydrogen) atoms. The molecule has 132 valence electrons. The maximum atomic E-state index is 11.5. The predicted molar refractivity (Wildman–Crippen MR) is 104 cm³/mol. The van der Waals surface area contributed by atoms with Crippen LogP contribution in [0.3, 0.4) is 0 Å². The molecule has 3 rings (SSSR count). The summed E-state index contributed by atoms with van der Waals surface area (Å²) in [6.45, 7) is 2.79. The van der Waals surface area contributed by atoms with E-state index in [2.05, 4.69) is 39.5 Å². The summed E-state index contributed by atoms with van der Waals surface area (Å²) in [7, 11) is 0. The second kappa shape index (κ2) is 8.67. The van der Waals surface area contributed by atoms with E-state index in [1.54, 1.807) is 13.1 Å². The average molecular weight is 347 g/mol. The van der Waals surface area contributed by atoms with Crippen molar-refractivity contribution in [2.45, 2.75) is 13.5 Å². The van der Waals surface area contributed by atoms with Crippen LogP contribution in [-0.2, 0) is 11.3 Å². The Morgan fingerprint density at radius 3 is 2.31 bits per heavy atom. The van der Waals surface area contributed by atoms with Crippen molar-refractivity contribution < 1.29 is 9.53 Å². The molecule has 0 aliphatic heterocycles. The number of hydrogen-bond acceptors (Lipinski definition) is 4. The van der Waals surface area contributed by atoms with Crippen molar-refractivity contribution in [3.63, 3.8) is 0 Å². The molecule has 5 heteroatoms. The number of anilines is 3. The Morgan fingerprint density at radius 2 is 1.69 bits per heavy atom. The molecule has 3 aromatic rings. The third-order valence-electron chi connectivity index (χ3n) is 3.80. The van der Waals surface area contributed by atoms with E-state index in [0.29, 0.717) is 18.8 Å². The van der Waals surface area contributed by atoms with Gasteiger partial charge in [-0.15, -0.1) is 0 Å². The van der Waals surface area contributed by atoms with Crippen LogP contribution in [0, 0.1) is 0 Å². The second-order valence-electron chi connectivity index (χ2n) is 5.66. The second-order valence-corrected chi connectivity index (χ2v) is 5.66. The lowest BCUT2D eigenvalue weighted by molar-refractivity contribution is 0.168. The van der Waals surface area contributed by atoms with E-state index in [-0.39, 0.29) is 0 Å². The van der Waals surface area contributed by atoms with Crippen molar-refractivity contribution in [2.75, 3.05) is 16.8 Å². The normalized spacial score (nSPS) is 10.2. The lowest BCUT2D eigenvalue weighted by Gasteiger charge is -2.24. The van der Waals surface area contributed by atoms with Gasteiger partial charge in [-0.1, -0.05) is 48.5 Å². The van der Waals surface area contributed by atoms with Crippen LogP contribution in [0.5, 0.6) is 0 Å². The smallest absolute Gasteiger partial charge is 0.411 e. The number of hydrogen-bond donors (Lipinski definition) is 1. The number of carbonyl (C=O) groups is 1. The molecule has 0 spiro atoms. The minimum Gasteiger partial charge on any atom is -0.450 e. The van der Waals surface area contributed by atoms with E-state index in [9.17, 15) is 4.79 Å². The summed E-state index contributed by atoms with van der Waals surface area (Å²) in [5.41, 5.74) is 2.83. The van der Waals surface area contributed by atoms with Crippen LogP contribution < -0.4 is 10.2 Å². The number of aromatic nitrogens is 1. The quantitative estimate of drug-likeness (QED) is 0.682. The van der Waals surface area contributed by atoms with Crippen LogP contribution in [0.4, 0.5) is 22.0 Å². The summed E-state index contributed by atoms with van der Waals surface area (Å²) in [5, 5.41) is 2.66. The van der Waals surface area contributed by atoms with Gasteiger partial charge in [-0.05, 0) is 36.8 Å². The molecule has 0 aliphatic carbocycles. The summed E-state index contributed by atoms with van der Waals surface area (Å²) in [4.78, 5) is 18.2. The van der Waals surface area contributed by atoms with Gasteiger partial charge < -0.3 is 9.64 Å². The molecule has 0 aliphatic rings. The first-order valence-electron chi connectivity index (χ1n) is 8.52. The third kappa shape index (κ3) is 4.60. The Balaban J connectivity index is 1.83. The number of ether oxygens (including phenoxy) is 1. The number of pyridine rings is 1. The number of nitrogens with one attached hydrogen (secondary N) is 1. The van der Waals surface area contributed by atoms with Crippen LogP contribution >= 0.6 is 0 Å². The first-order chi connectivity index (χ1) is 12.8. The first kappa shape index (κ1) is 17.5. The van der Waals surface area contributed by atoms with Crippen molar-refractivity contribution in [2.24, 2.45) is 0 Å². The van der Waals surface area contributed by atoms with Crippen molar-refractivity contribution in [1.82, 2.24) is 4.98 Å². The van der Waals surface area contributed by atoms with Gasteiger partial charge in [0.05, 0.1) is 18.5 Å². The highest BCUT2D eigenvalue weighted by Crippen LogP contribution is 2.26. The third-order valence-corrected chi connectivity index (χ3v) is 3.80. The van der Waals surface area contributed by atoms with Gasteiger partial charge in [0.2, 0.25) is 0 Å². The van der Waals surface area contributed by atoms with Gasteiger partial charge in [0, 0.05) is 12.2 Å². The molecule has 0 saturated carbocycles. The monoisotopic (exact) mass is 347 g/mol. The van der Waals surface area contributed by atoms with Crippen LogP contribution in [0.1, 0.15) is 12.5 Å². The number of nitrogens with zero attached hydrogens (tertiary/aromatic N) is 2. The molecule has 1 heterocycles. The fourth-order valence-corrected chi connectivity index (χ4v) is 2.58. The van der Waals surface area contributed by atoms with Crippen molar-refractivity contribution in [3.8, 4) is 0 Å². The van der Waals surface area contributed by atoms with Gasteiger partial charge in [-0.3, -0.25) is 5.32 Å². The van der Waals surface area contributed by atoms with Crippen molar-refractivity contribution in [1.29, 1.82) is 0 Å². The summed E-state index contributed by atoms with van der Waals surface area (Å²) in [6, 6.07) is 24.0. The van der Waals surface area contributed by atoms with Crippen molar-refractivity contribution in [3.05, 3.63) is 84.6 Å². The van der Waals surface area contributed by atoms with E-state index in [0.717, 1.165) is 11.5 Å². The molecule has 0 unspecified atom stereocenters. The molecule has 1 amide bonds. The Labute approximate surface area is 153 Å². The van der Waals surface area contributed by atoms with E-state index >= 15 is 0 Å². The number of carbonyl (C=O) groups excluding carboxylic acids is 1. The average Bonchev–Trinajstić information content (AvgIpc) is 2.69. The summed E-state index contributed by atoms with van der Waals surface area (Å²) in [5.74, 6) is 0.800. The maximum absolute atomic E-state index is 11.5. The van der Waals surface area contributed by atoms with Crippen LogP contribution in [-0.4, -0.2) is 17.7 Å². The largest absolute Gasteiger partial charge is 0.450 e. The number of amides is 1. The van der Waals surface area contributed by atoms with Gasteiger partial charge in [-0.2, -0.15) is 0 Å². The van der Waals surface area contributed by atoms with Crippen LogP contribution in [0.25, 0.3) is 0 Å². The predicted octanol–water partition coefficient (Wildman–Crippen LogP) is 4.99. The van der Waals surface area contributed by atoms with Gasteiger partial charge in [0.15, 0.2) is 0 Å². The van der Waals surface area contributed by atoms with E-state index in [1.807, 2.05) is 48.5 Å². The zero-order valence-electron chi connectivity index (χ0n) is 14.6. The molecular formula is C21H21N3O2. The van der Waals surface area contributed by atoms with E-state index < -0.39 is 6.09 Å². The summed E-state index contributed by atoms with van der Waals surface area (Å²) < 4.78 is 4.88. The molecule has 0 radical (unpaired) electrons. The fourth-order valence-electron chi connectivity index (χ4n) is 2.58. The number of rotatable bonds is 6. The standard InChI is InChI=1S/C21H21N3O2/c1-2-26-21(25)23-18-13-14-20(22-15-18)24(19-11-7-4-8-12-19)16-17-9-5-3-6-10-17/h3-15H,2,16H2,1H3,(H,23,25). The molecule has 2 aromatic carbocycles. The number of benzene rings is 2. The first-order valence-corrected chi connectivity index (χ1v) is 8.52. The Hall–Kier alpha value is -3.34. The fraction of sp³-hybridized carbons (Fsp3) is 0.143. The SMILES string of the molecule is CCOC(=O)Nc1ccc(N(Cc2ccccc2)c2ccccc2)nc1. The molecular weight excluding hydrogens is 326 g/mol. The number of para-hydroxylation sites is 1. The highest BCUT2D eigenvalue weighted by Gasteiger charge is 2.12. The van der Waals surface area contributed by atoms with Crippen LogP contribution in [0.15, 0.2) is 79.0 Å². The molecule has 0 saturated heterocycles. The van der Waals surface area contributed by atoms with Crippen molar-refractivity contribution >= 4 is 23.3 Å². The maximum Gasteiger partial charge on any atom is 0.411 e. The molecule has 0 atom stereocenters. The lowest BCUT2D eigenvalue weighted by Crippen LogP contribution is -2.18. The minimum atomic E-state index is -0.480. The molecule has 1 aromatic heterocycles.